The molecule has 8 heteroatoms. The summed E-state index contributed by atoms with van der Waals surface area (Å²) in [5.41, 5.74) is 2.90. The number of ether oxygens (including phenoxy) is 3. The van der Waals surface area contributed by atoms with E-state index in [4.69, 9.17) is 14.2 Å². The molecule has 1 amide bonds. The van der Waals surface area contributed by atoms with Gasteiger partial charge in [-0.3, -0.25) is 9.59 Å². The first-order valence-electron chi connectivity index (χ1n) is 12.4. The van der Waals surface area contributed by atoms with Crippen LogP contribution in [0, 0.1) is 0 Å². The first-order chi connectivity index (χ1) is 18.2. The first kappa shape index (κ1) is 25.2. The van der Waals surface area contributed by atoms with E-state index in [1.54, 1.807) is 36.4 Å². The highest BCUT2D eigenvalue weighted by molar-refractivity contribution is 6.46. The molecule has 3 aromatic rings. The molecule has 1 fully saturated rings. The number of hydrogen-bond donors (Lipinski definition) is 1. The van der Waals surface area contributed by atoms with E-state index in [0.29, 0.717) is 28.4 Å². The third kappa shape index (κ3) is 4.77. The fourth-order valence-electron chi connectivity index (χ4n) is 4.72. The Kier molecular flexibility index (Phi) is 6.72. The Morgan fingerprint density at radius 3 is 2.47 bits per heavy atom. The molecule has 2 aliphatic heterocycles. The number of ketones is 1. The Bertz CT molecular complexity index is 1410. The molecular formula is C30H30N2O6. The third-order valence-corrected chi connectivity index (χ3v) is 6.53. The molecule has 3 aromatic carbocycles. The van der Waals surface area contributed by atoms with Gasteiger partial charge in [0.05, 0.1) is 17.7 Å². The van der Waals surface area contributed by atoms with Crippen LogP contribution in [0.4, 0.5) is 5.69 Å². The number of likely N-dealkylation sites (tertiary alicyclic amines) is 1. The van der Waals surface area contributed by atoms with E-state index in [1.807, 2.05) is 63.2 Å². The standard InChI is InChI=1S/C30H30N2O6/c1-18(2)38-23-7-5-6-21(15-23)28(33)26-27(20-9-11-22(12-10-20)31(3)4)32(30(35)29(26)34)16-19-8-13-24-25(14-19)37-17-36-24/h5-15,18,27,33H,16-17H2,1-4H3/b28-26+. The number of Topliss-reactive ketones (excluding diaryl/α,β-unsaturated/α-hetero) is 1. The second-order valence-corrected chi connectivity index (χ2v) is 9.80. The Balaban J connectivity index is 1.59. The molecule has 0 saturated carbocycles. The van der Waals surface area contributed by atoms with E-state index in [0.717, 1.165) is 11.3 Å². The molecule has 1 unspecified atom stereocenters. The van der Waals surface area contributed by atoms with Crippen LogP contribution in [0.25, 0.3) is 5.76 Å². The molecule has 0 bridgehead atoms. The molecule has 38 heavy (non-hydrogen) atoms. The summed E-state index contributed by atoms with van der Waals surface area (Å²) in [5, 5.41) is 11.4. The first-order valence-corrected chi connectivity index (χ1v) is 12.4. The fraction of sp³-hybridized carbons (Fsp3) is 0.267. The van der Waals surface area contributed by atoms with Gasteiger partial charge >= 0.3 is 0 Å². The van der Waals surface area contributed by atoms with Crippen molar-refractivity contribution < 1.29 is 28.9 Å². The van der Waals surface area contributed by atoms with Crippen LogP contribution in [-0.4, -0.2) is 48.7 Å². The minimum Gasteiger partial charge on any atom is -0.507 e. The lowest BCUT2D eigenvalue weighted by atomic mass is 9.95. The largest absolute Gasteiger partial charge is 0.507 e. The van der Waals surface area contributed by atoms with Crippen molar-refractivity contribution in [2.45, 2.75) is 32.5 Å². The van der Waals surface area contributed by atoms with Crippen molar-refractivity contribution in [1.29, 1.82) is 0 Å². The van der Waals surface area contributed by atoms with Gasteiger partial charge in [-0.25, -0.2) is 0 Å². The van der Waals surface area contributed by atoms with Gasteiger partial charge < -0.3 is 29.1 Å². The molecule has 0 spiro atoms. The second-order valence-electron chi connectivity index (χ2n) is 9.80. The van der Waals surface area contributed by atoms with Crippen LogP contribution in [0.3, 0.4) is 0 Å². The van der Waals surface area contributed by atoms with Gasteiger partial charge in [-0.05, 0) is 61.4 Å². The lowest BCUT2D eigenvalue weighted by molar-refractivity contribution is -0.140. The zero-order valence-corrected chi connectivity index (χ0v) is 21.8. The maximum Gasteiger partial charge on any atom is 0.295 e. The Hall–Kier alpha value is -4.46. The minimum atomic E-state index is -0.786. The monoisotopic (exact) mass is 514 g/mol. The molecular weight excluding hydrogens is 484 g/mol. The average molecular weight is 515 g/mol. The van der Waals surface area contributed by atoms with Crippen molar-refractivity contribution in [3.8, 4) is 17.2 Å². The van der Waals surface area contributed by atoms with E-state index in [9.17, 15) is 14.7 Å². The van der Waals surface area contributed by atoms with Crippen molar-refractivity contribution >= 4 is 23.1 Å². The maximum atomic E-state index is 13.4. The predicted octanol–water partition coefficient (Wildman–Crippen LogP) is 4.89. The van der Waals surface area contributed by atoms with Gasteiger partial charge in [0.25, 0.3) is 11.7 Å². The number of aliphatic hydroxyl groups excluding tert-OH is 1. The molecule has 1 saturated heterocycles. The summed E-state index contributed by atoms with van der Waals surface area (Å²) < 4.78 is 16.7. The van der Waals surface area contributed by atoms with Crippen molar-refractivity contribution in [2.24, 2.45) is 0 Å². The lowest BCUT2D eigenvalue weighted by Crippen LogP contribution is -2.29. The summed E-state index contributed by atoms with van der Waals surface area (Å²) in [7, 11) is 3.87. The van der Waals surface area contributed by atoms with E-state index >= 15 is 0 Å². The van der Waals surface area contributed by atoms with Gasteiger partial charge in [0.15, 0.2) is 11.5 Å². The van der Waals surface area contributed by atoms with Crippen molar-refractivity contribution in [1.82, 2.24) is 4.90 Å². The van der Waals surface area contributed by atoms with Gasteiger partial charge in [-0.15, -0.1) is 0 Å². The number of amides is 1. The molecule has 1 N–H and O–H groups in total. The Morgan fingerprint density at radius 2 is 1.76 bits per heavy atom. The highest BCUT2D eigenvalue weighted by Gasteiger charge is 2.46. The molecule has 5 rings (SSSR count). The summed E-state index contributed by atoms with van der Waals surface area (Å²) >= 11 is 0. The quantitative estimate of drug-likeness (QED) is 0.273. The zero-order valence-electron chi connectivity index (χ0n) is 21.8. The number of fused-ring (bicyclic) bond motifs is 1. The number of carbonyl (C=O) groups excluding carboxylic acids is 2. The average Bonchev–Trinajstić information content (AvgIpc) is 3.46. The summed E-state index contributed by atoms with van der Waals surface area (Å²) in [6.45, 7) is 4.10. The Morgan fingerprint density at radius 1 is 1.03 bits per heavy atom. The zero-order chi connectivity index (χ0) is 27.0. The van der Waals surface area contributed by atoms with Crippen LogP contribution in [-0.2, 0) is 16.1 Å². The van der Waals surface area contributed by atoms with Crippen LogP contribution < -0.4 is 19.1 Å². The van der Waals surface area contributed by atoms with Crippen molar-refractivity contribution in [3.05, 3.63) is 89.0 Å². The summed E-state index contributed by atoms with van der Waals surface area (Å²) in [5.74, 6) is 0.126. The molecule has 2 heterocycles. The number of rotatable bonds is 7. The van der Waals surface area contributed by atoms with E-state index < -0.39 is 17.7 Å². The van der Waals surface area contributed by atoms with Crippen LogP contribution in [0.15, 0.2) is 72.3 Å². The molecule has 0 aromatic heterocycles. The number of anilines is 1. The molecule has 2 aliphatic rings. The molecule has 196 valence electrons. The van der Waals surface area contributed by atoms with Crippen molar-refractivity contribution in [2.75, 3.05) is 25.8 Å². The van der Waals surface area contributed by atoms with Crippen LogP contribution >= 0.6 is 0 Å². The summed E-state index contributed by atoms with van der Waals surface area (Å²) in [6.07, 6.45) is -0.0603. The van der Waals surface area contributed by atoms with Gasteiger partial charge in [0.2, 0.25) is 6.79 Å². The SMILES string of the molecule is CC(C)Oc1cccc(/C(O)=C2\C(=O)C(=O)N(Cc3ccc4c(c3)OCO4)C2c2ccc(N(C)C)cc2)c1. The predicted molar refractivity (Wildman–Crippen MR) is 143 cm³/mol. The third-order valence-electron chi connectivity index (χ3n) is 6.53. The van der Waals surface area contributed by atoms with Gasteiger partial charge in [0, 0.05) is 31.9 Å². The maximum absolute atomic E-state index is 13.4. The van der Waals surface area contributed by atoms with E-state index in [1.165, 1.54) is 4.90 Å². The van der Waals surface area contributed by atoms with Gasteiger partial charge in [-0.1, -0.05) is 30.3 Å². The Labute approximate surface area is 221 Å². The second kappa shape index (κ2) is 10.1. The minimum absolute atomic E-state index is 0.0371. The van der Waals surface area contributed by atoms with E-state index in [-0.39, 0.29) is 30.8 Å². The lowest BCUT2D eigenvalue weighted by Gasteiger charge is -2.26. The summed E-state index contributed by atoms with van der Waals surface area (Å²) in [4.78, 5) is 30.3. The highest BCUT2D eigenvalue weighted by atomic mass is 16.7. The fourth-order valence-corrected chi connectivity index (χ4v) is 4.72. The normalized spacial score (nSPS) is 17.8. The summed E-state index contributed by atoms with van der Waals surface area (Å²) in [6, 6.07) is 19.2. The molecule has 1 atom stereocenters. The van der Waals surface area contributed by atoms with Crippen LogP contribution in [0.5, 0.6) is 17.2 Å². The van der Waals surface area contributed by atoms with Crippen LogP contribution in [0.1, 0.15) is 36.6 Å². The smallest absolute Gasteiger partial charge is 0.295 e. The molecule has 0 radical (unpaired) electrons. The van der Waals surface area contributed by atoms with Crippen LogP contribution in [0.2, 0.25) is 0 Å². The van der Waals surface area contributed by atoms with Gasteiger partial charge in [-0.2, -0.15) is 0 Å². The number of benzene rings is 3. The number of carbonyl (C=O) groups is 2. The molecule has 8 nitrogen and oxygen atoms in total. The number of hydrogen-bond acceptors (Lipinski definition) is 7. The van der Waals surface area contributed by atoms with Crippen molar-refractivity contribution in [3.63, 3.8) is 0 Å². The highest BCUT2D eigenvalue weighted by Crippen LogP contribution is 2.42. The molecule has 0 aliphatic carbocycles. The van der Waals surface area contributed by atoms with E-state index in [2.05, 4.69) is 0 Å². The van der Waals surface area contributed by atoms with Gasteiger partial charge in [0.1, 0.15) is 11.5 Å². The topological polar surface area (TPSA) is 88.5 Å². The number of nitrogens with zero attached hydrogens (tertiary/aromatic N) is 2. The number of aliphatic hydroxyl groups is 1.